The molecule has 2 aromatic rings. The molecule has 1 aliphatic rings. The maximum atomic E-state index is 12.3. The lowest BCUT2D eigenvalue weighted by Crippen LogP contribution is -2.24. The van der Waals surface area contributed by atoms with E-state index >= 15 is 0 Å². The van der Waals surface area contributed by atoms with Crippen LogP contribution in [0.2, 0.25) is 0 Å². The molecule has 1 saturated heterocycles. The predicted octanol–water partition coefficient (Wildman–Crippen LogP) is 2.54. The van der Waals surface area contributed by atoms with E-state index in [0.717, 1.165) is 5.69 Å². The smallest absolute Gasteiger partial charge is 0.255 e. The number of hydrogen-bond acceptors (Lipinski definition) is 4. The van der Waals surface area contributed by atoms with E-state index in [1.165, 1.54) is 4.31 Å². The van der Waals surface area contributed by atoms with E-state index < -0.39 is 10.0 Å². The Balaban J connectivity index is 1.70. The number of carbonyl (C=O) groups is 1. The second-order valence-electron chi connectivity index (χ2n) is 6.18. The Morgan fingerprint density at radius 1 is 1.04 bits per heavy atom. The van der Waals surface area contributed by atoms with Crippen LogP contribution < -0.4 is 14.5 Å². The predicted molar refractivity (Wildman–Crippen MR) is 101 cm³/mol. The average Bonchev–Trinajstić information content (AvgIpc) is 2.95. The summed E-state index contributed by atoms with van der Waals surface area (Å²) < 4.78 is 25.3. The second-order valence-corrected chi connectivity index (χ2v) is 8.20. The second kappa shape index (κ2) is 6.76. The molecular weight excluding hydrogens is 338 g/mol. The third-order valence-electron chi connectivity index (χ3n) is 4.16. The summed E-state index contributed by atoms with van der Waals surface area (Å²) in [7, 11) is 0.695. The minimum atomic E-state index is -3.19. The van der Waals surface area contributed by atoms with Crippen molar-refractivity contribution in [2.24, 2.45) is 0 Å². The number of nitrogens with zero attached hydrogens (tertiary/aromatic N) is 2. The molecule has 1 fully saturated rings. The van der Waals surface area contributed by atoms with Crippen LogP contribution in [-0.2, 0) is 10.0 Å². The SMILES string of the molecule is CN(C)c1ccc(C(=O)Nc2ccc(N3CCCS3(=O)=O)cc2)cc1. The van der Waals surface area contributed by atoms with Gasteiger partial charge in [-0.2, -0.15) is 0 Å². The quantitative estimate of drug-likeness (QED) is 0.911. The Kier molecular flexibility index (Phi) is 4.67. The van der Waals surface area contributed by atoms with Crippen molar-refractivity contribution >= 4 is 33.0 Å². The van der Waals surface area contributed by atoms with Crippen LogP contribution >= 0.6 is 0 Å². The van der Waals surface area contributed by atoms with E-state index in [1.807, 2.05) is 31.1 Å². The zero-order valence-electron chi connectivity index (χ0n) is 14.3. The van der Waals surface area contributed by atoms with Crippen LogP contribution in [0, 0.1) is 0 Å². The highest BCUT2D eigenvalue weighted by Gasteiger charge is 2.28. The molecule has 0 spiro atoms. The molecule has 132 valence electrons. The van der Waals surface area contributed by atoms with Gasteiger partial charge in [0.1, 0.15) is 0 Å². The molecule has 0 atom stereocenters. The van der Waals surface area contributed by atoms with Gasteiger partial charge in [-0.1, -0.05) is 0 Å². The lowest BCUT2D eigenvalue weighted by atomic mass is 10.2. The summed E-state index contributed by atoms with van der Waals surface area (Å²) in [4.78, 5) is 14.3. The van der Waals surface area contributed by atoms with Crippen molar-refractivity contribution in [3.8, 4) is 0 Å². The fourth-order valence-electron chi connectivity index (χ4n) is 2.75. The monoisotopic (exact) mass is 359 g/mol. The van der Waals surface area contributed by atoms with Crippen molar-refractivity contribution in [3.63, 3.8) is 0 Å². The van der Waals surface area contributed by atoms with Gasteiger partial charge in [-0.25, -0.2) is 8.42 Å². The van der Waals surface area contributed by atoms with Crippen molar-refractivity contribution in [3.05, 3.63) is 54.1 Å². The van der Waals surface area contributed by atoms with Crippen molar-refractivity contribution in [1.29, 1.82) is 0 Å². The van der Waals surface area contributed by atoms with Crippen LogP contribution in [0.15, 0.2) is 48.5 Å². The molecule has 0 radical (unpaired) electrons. The largest absolute Gasteiger partial charge is 0.378 e. The van der Waals surface area contributed by atoms with Gasteiger partial charge in [-0.05, 0) is 55.0 Å². The zero-order valence-corrected chi connectivity index (χ0v) is 15.1. The van der Waals surface area contributed by atoms with Gasteiger partial charge in [0.05, 0.1) is 11.4 Å². The fraction of sp³-hybridized carbons (Fsp3) is 0.278. The van der Waals surface area contributed by atoms with Gasteiger partial charge in [-0.15, -0.1) is 0 Å². The molecule has 0 bridgehead atoms. The number of benzene rings is 2. The minimum Gasteiger partial charge on any atom is -0.378 e. The highest BCUT2D eigenvalue weighted by Crippen LogP contribution is 2.25. The Morgan fingerprint density at radius 2 is 1.68 bits per heavy atom. The molecule has 7 heteroatoms. The molecule has 1 amide bonds. The number of hydrogen-bond donors (Lipinski definition) is 1. The molecule has 0 unspecified atom stereocenters. The number of rotatable bonds is 4. The molecule has 1 N–H and O–H groups in total. The van der Waals surface area contributed by atoms with Crippen molar-refractivity contribution in [2.75, 3.05) is 40.9 Å². The number of nitrogens with one attached hydrogen (secondary N) is 1. The van der Waals surface area contributed by atoms with Crippen LogP contribution in [0.3, 0.4) is 0 Å². The standard InChI is InChI=1S/C18H21N3O3S/c1-20(2)16-8-4-14(5-9-16)18(22)19-15-6-10-17(11-7-15)21-12-3-13-25(21,23)24/h4-11H,3,12-13H2,1-2H3,(H,19,22). The maximum absolute atomic E-state index is 12.3. The first-order valence-electron chi connectivity index (χ1n) is 8.06. The van der Waals surface area contributed by atoms with Crippen molar-refractivity contribution < 1.29 is 13.2 Å². The van der Waals surface area contributed by atoms with Gasteiger partial charge in [0.15, 0.2) is 0 Å². The van der Waals surface area contributed by atoms with E-state index in [4.69, 9.17) is 0 Å². The summed E-state index contributed by atoms with van der Waals surface area (Å²) in [6, 6.07) is 14.2. The number of anilines is 3. The van der Waals surface area contributed by atoms with Crippen LogP contribution in [0.1, 0.15) is 16.8 Å². The lowest BCUT2D eigenvalue weighted by Gasteiger charge is -2.17. The highest BCUT2D eigenvalue weighted by atomic mass is 32.2. The van der Waals surface area contributed by atoms with Crippen LogP contribution in [0.4, 0.5) is 17.1 Å². The van der Waals surface area contributed by atoms with E-state index in [9.17, 15) is 13.2 Å². The van der Waals surface area contributed by atoms with E-state index in [1.54, 1.807) is 36.4 Å². The first-order valence-corrected chi connectivity index (χ1v) is 9.67. The van der Waals surface area contributed by atoms with E-state index in [-0.39, 0.29) is 11.7 Å². The van der Waals surface area contributed by atoms with Gasteiger partial charge in [-0.3, -0.25) is 9.10 Å². The van der Waals surface area contributed by atoms with Gasteiger partial charge >= 0.3 is 0 Å². The van der Waals surface area contributed by atoms with Gasteiger partial charge in [0.2, 0.25) is 10.0 Å². The molecule has 0 aliphatic carbocycles. The topological polar surface area (TPSA) is 69.7 Å². The maximum Gasteiger partial charge on any atom is 0.255 e. The Hall–Kier alpha value is -2.54. The summed E-state index contributed by atoms with van der Waals surface area (Å²) in [5.74, 6) is -0.0131. The lowest BCUT2D eigenvalue weighted by molar-refractivity contribution is 0.102. The number of carbonyl (C=O) groups excluding carboxylic acids is 1. The molecule has 1 aliphatic heterocycles. The third kappa shape index (κ3) is 3.76. The summed E-state index contributed by atoms with van der Waals surface area (Å²) in [5, 5.41) is 2.82. The van der Waals surface area contributed by atoms with Gasteiger partial charge in [0, 0.05) is 37.6 Å². The van der Waals surface area contributed by atoms with Crippen molar-refractivity contribution in [2.45, 2.75) is 6.42 Å². The molecule has 0 aromatic heterocycles. The fourth-order valence-corrected chi connectivity index (χ4v) is 4.32. The van der Waals surface area contributed by atoms with E-state index in [0.29, 0.717) is 29.9 Å². The summed E-state index contributed by atoms with van der Waals surface area (Å²) in [6.07, 6.45) is 0.643. The minimum absolute atomic E-state index is 0.189. The molecular formula is C18H21N3O3S. The summed E-state index contributed by atoms with van der Waals surface area (Å²) in [6.45, 7) is 0.506. The molecule has 6 nitrogen and oxygen atoms in total. The zero-order chi connectivity index (χ0) is 18.0. The Bertz CT molecular complexity index is 859. The van der Waals surface area contributed by atoms with Crippen LogP contribution in [0.5, 0.6) is 0 Å². The molecule has 1 heterocycles. The highest BCUT2D eigenvalue weighted by molar-refractivity contribution is 7.93. The Morgan fingerprint density at radius 3 is 2.20 bits per heavy atom. The first kappa shape index (κ1) is 17.3. The molecule has 0 saturated carbocycles. The third-order valence-corrected chi connectivity index (χ3v) is 6.03. The number of amides is 1. The normalized spacial score (nSPS) is 15.8. The van der Waals surface area contributed by atoms with Gasteiger partial charge in [0.25, 0.3) is 5.91 Å². The summed E-state index contributed by atoms with van der Waals surface area (Å²) >= 11 is 0. The van der Waals surface area contributed by atoms with Gasteiger partial charge < -0.3 is 10.2 Å². The average molecular weight is 359 g/mol. The summed E-state index contributed by atoms with van der Waals surface area (Å²) in [5.41, 5.74) is 2.84. The molecule has 2 aromatic carbocycles. The van der Waals surface area contributed by atoms with Crippen LogP contribution in [0.25, 0.3) is 0 Å². The first-order chi connectivity index (χ1) is 11.9. The van der Waals surface area contributed by atoms with Crippen LogP contribution in [-0.4, -0.2) is 40.7 Å². The van der Waals surface area contributed by atoms with E-state index in [2.05, 4.69) is 5.32 Å². The Labute approximate surface area is 148 Å². The molecule has 3 rings (SSSR count). The number of sulfonamides is 1. The van der Waals surface area contributed by atoms with Crippen molar-refractivity contribution in [1.82, 2.24) is 0 Å². The molecule has 25 heavy (non-hydrogen) atoms.